The highest BCUT2D eigenvalue weighted by molar-refractivity contribution is 5.66. The van der Waals surface area contributed by atoms with Gasteiger partial charge in [-0.25, -0.2) is 4.98 Å². The van der Waals surface area contributed by atoms with Gasteiger partial charge < -0.3 is 24.7 Å². The minimum absolute atomic E-state index is 0.00807. The molecule has 3 rings (SSSR count). The van der Waals surface area contributed by atoms with Gasteiger partial charge in [0.15, 0.2) is 0 Å². The Bertz CT molecular complexity index is 917. The Morgan fingerprint density at radius 2 is 1.84 bits per heavy atom. The lowest BCUT2D eigenvalue weighted by Crippen LogP contribution is -2.50. The Kier molecular flexibility index (Phi) is 7.12. The monoisotopic (exact) mass is 428 g/mol. The molecule has 31 heavy (non-hydrogen) atoms. The first-order valence-corrected chi connectivity index (χ1v) is 10.2. The summed E-state index contributed by atoms with van der Waals surface area (Å²) in [5.41, 5.74) is 6.53. The fraction of sp³-hybridized carbons (Fsp3) is 0.435. The molecule has 5 atom stereocenters. The number of ether oxygens (including phenoxy) is 4. The Morgan fingerprint density at radius 3 is 2.48 bits per heavy atom. The normalized spacial score (nSPS) is 25.5. The topological polar surface area (TPSA) is 110 Å². The molecule has 2 N–H and O–H groups in total. The number of benzene rings is 1. The highest BCUT2D eigenvalue weighted by Gasteiger charge is 2.44. The quantitative estimate of drug-likeness (QED) is 0.694. The van der Waals surface area contributed by atoms with Crippen LogP contribution in [0.4, 0.5) is 5.82 Å². The second kappa shape index (κ2) is 9.78. The molecule has 8 heteroatoms. The maximum atomic E-state index is 11.6. The zero-order chi connectivity index (χ0) is 22.5. The maximum absolute atomic E-state index is 11.6. The van der Waals surface area contributed by atoms with Crippen LogP contribution in [0.2, 0.25) is 0 Å². The summed E-state index contributed by atoms with van der Waals surface area (Å²) in [7, 11) is 0. The second-order valence-electron chi connectivity index (χ2n) is 7.78. The number of hydrogen-bond acceptors (Lipinski definition) is 8. The fourth-order valence-electron chi connectivity index (χ4n) is 3.74. The molecule has 1 saturated heterocycles. The van der Waals surface area contributed by atoms with Crippen molar-refractivity contribution in [1.82, 2.24) is 4.98 Å². The zero-order valence-electron chi connectivity index (χ0n) is 18.1. The summed E-state index contributed by atoms with van der Waals surface area (Å²) in [4.78, 5) is 27.0. The van der Waals surface area contributed by atoms with Crippen LogP contribution in [0.15, 0.2) is 42.6 Å². The van der Waals surface area contributed by atoms with Crippen LogP contribution in [0, 0.1) is 11.8 Å². The number of carbonyl (C=O) groups excluding carboxylic acids is 2. The molecule has 1 aliphatic rings. The molecule has 2 heterocycles. The number of pyridine rings is 1. The number of nitrogen functional groups attached to an aromatic ring is 1. The van der Waals surface area contributed by atoms with E-state index in [0.29, 0.717) is 17.3 Å². The van der Waals surface area contributed by atoms with Crippen molar-refractivity contribution in [1.29, 1.82) is 0 Å². The van der Waals surface area contributed by atoms with E-state index in [0.717, 1.165) is 5.56 Å². The summed E-state index contributed by atoms with van der Waals surface area (Å²) in [6.07, 6.45) is 0.177. The molecule has 166 valence electrons. The molecular weight excluding hydrogens is 400 g/mol. The van der Waals surface area contributed by atoms with Gasteiger partial charge in [-0.1, -0.05) is 26.0 Å². The van der Waals surface area contributed by atoms with Gasteiger partial charge >= 0.3 is 11.9 Å². The lowest BCUT2D eigenvalue weighted by molar-refractivity contribution is -0.207. The molecule has 0 saturated carbocycles. The van der Waals surface area contributed by atoms with Crippen molar-refractivity contribution in [3.05, 3.63) is 48.2 Å². The van der Waals surface area contributed by atoms with Crippen LogP contribution < -0.4 is 10.5 Å². The zero-order valence-corrected chi connectivity index (χ0v) is 18.1. The third kappa shape index (κ3) is 5.73. The minimum atomic E-state index is -0.574. The van der Waals surface area contributed by atoms with E-state index in [9.17, 15) is 9.59 Å². The lowest BCUT2D eigenvalue weighted by Gasteiger charge is -2.44. The average Bonchev–Trinajstić information content (AvgIpc) is 2.72. The van der Waals surface area contributed by atoms with Gasteiger partial charge in [-0.05, 0) is 35.7 Å². The Labute approximate surface area is 181 Å². The summed E-state index contributed by atoms with van der Waals surface area (Å²) in [6, 6.07) is 11.0. The molecule has 1 aliphatic heterocycles. The summed E-state index contributed by atoms with van der Waals surface area (Å²) in [6.45, 7) is 6.76. The molecule has 2 aromatic rings. The SMILES string of the molecule is CC(=O)OC[C@H]1OC(c2cccc(Oc3ccc(N)nc3)c2)[C@@H](C)[C@@H](C)[C@@H]1OC(C)=O. The predicted molar refractivity (Wildman–Crippen MR) is 113 cm³/mol. The number of hydrogen-bond donors (Lipinski definition) is 1. The number of nitrogens with zero attached hydrogens (tertiary/aromatic N) is 1. The van der Waals surface area contributed by atoms with Gasteiger partial charge in [-0.2, -0.15) is 0 Å². The van der Waals surface area contributed by atoms with E-state index >= 15 is 0 Å². The number of carbonyl (C=O) groups is 2. The number of nitrogens with two attached hydrogens (primary N) is 1. The number of rotatable bonds is 6. The van der Waals surface area contributed by atoms with E-state index < -0.39 is 24.1 Å². The summed E-state index contributed by atoms with van der Waals surface area (Å²) < 4.78 is 22.9. The molecule has 1 fully saturated rings. The highest BCUT2D eigenvalue weighted by atomic mass is 16.6. The van der Waals surface area contributed by atoms with Crippen LogP contribution in [-0.2, 0) is 23.8 Å². The molecule has 0 aliphatic carbocycles. The fourth-order valence-corrected chi connectivity index (χ4v) is 3.74. The third-order valence-electron chi connectivity index (χ3n) is 5.45. The van der Waals surface area contributed by atoms with Crippen molar-refractivity contribution >= 4 is 17.8 Å². The van der Waals surface area contributed by atoms with Crippen molar-refractivity contribution in [3.63, 3.8) is 0 Å². The lowest BCUT2D eigenvalue weighted by atomic mass is 9.79. The van der Waals surface area contributed by atoms with Crippen LogP contribution in [-0.4, -0.2) is 35.7 Å². The van der Waals surface area contributed by atoms with Gasteiger partial charge in [0.1, 0.15) is 36.1 Å². The van der Waals surface area contributed by atoms with Crippen molar-refractivity contribution in [3.8, 4) is 11.5 Å². The van der Waals surface area contributed by atoms with E-state index in [1.807, 2.05) is 38.1 Å². The van der Waals surface area contributed by atoms with E-state index in [2.05, 4.69) is 4.98 Å². The Balaban J connectivity index is 1.82. The smallest absolute Gasteiger partial charge is 0.303 e. The van der Waals surface area contributed by atoms with Gasteiger partial charge in [0.25, 0.3) is 0 Å². The first kappa shape index (κ1) is 22.6. The highest BCUT2D eigenvalue weighted by Crippen LogP contribution is 2.42. The summed E-state index contributed by atoms with van der Waals surface area (Å²) in [5, 5.41) is 0. The number of aromatic nitrogens is 1. The molecule has 1 unspecified atom stereocenters. The average molecular weight is 428 g/mol. The van der Waals surface area contributed by atoms with Gasteiger partial charge in [0, 0.05) is 19.8 Å². The second-order valence-corrected chi connectivity index (χ2v) is 7.78. The summed E-state index contributed by atoms with van der Waals surface area (Å²) >= 11 is 0. The van der Waals surface area contributed by atoms with Crippen molar-refractivity contribution in [2.24, 2.45) is 11.8 Å². The Morgan fingerprint density at radius 1 is 1.06 bits per heavy atom. The van der Waals surface area contributed by atoms with Crippen molar-refractivity contribution in [2.75, 3.05) is 12.3 Å². The van der Waals surface area contributed by atoms with E-state index in [1.54, 1.807) is 18.3 Å². The van der Waals surface area contributed by atoms with Crippen LogP contribution in [0.25, 0.3) is 0 Å². The van der Waals surface area contributed by atoms with Crippen molar-refractivity contribution < 1.29 is 28.5 Å². The van der Waals surface area contributed by atoms with Gasteiger partial charge in [-0.15, -0.1) is 0 Å². The van der Waals surface area contributed by atoms with E-state index in [4.69, 9.17) is 24.7 Å². The molecule has 8 nitrogen and oxygen atoms in total. The Hall–Kier alpha value is -3.13. The first-order chi connectivity index (χ1) is 14.7. The van der Waals surface area contributed by atoms with Gasteiger partial charge in [0.2, 0.25) is 0 Å². The van der Waals surface area contributed by atoms with Crippen LogP contribution in [0.1, 0.15) is 39.4 Å². The predicted octanol–water partition coefficient (Wildman–Crippen LogP) is 3.66. The summed E-state index contributed by atoms with van der Waals surface area (Å²) in [5.74, 6) is 0.819. The number of esters is 2. The molecule has 0 spiro atoms. The van der Waals surface area contributed by atoms with E-state index in [-0.39, 0.29) is 24.5 Å². The molecule has 1 aromatic heterocycles. The number of anilines is 1. The van der Waals surface area contributed by atoms with Gasteiger partial charge in [-0.3, -0.25) is 9.59 Å². The first-order valence-electron chi connectivity index (χ1n) is 10.2. The van der Waals surface area contributed by atoms with Crippen LogP contribution in [0.5, 0.6) is 11.5 Å². The standard InChI is InChI=1S/C23H28N2O6/c1-13-14(2)23(29-16(4)27)20(12-28-15(3)26)31-22(13)17-6-5-7-18(10-17)30-19-8-9-21(24)25-11-19/h5-11,13-14,20,22-23H,12H2,1-4H3,(H2,24,25)/t13-,14+,20+,22?,23-/m0/s1. The molecule has 0 bridgehead atoms. The molecule has 1 aromatic carbocycles. The van der Waals surface area contributed by atoms with Gasteiger partial charge in [0.05, 0.1) is 12.3 Å². The van der Waals surface area contributed by atoms with E-state index in [1.165, 1.54) is 13.8 Å². The molecule has 0 radical (unpaired) electrons. The third-order valence-corrected chi connectivity index (χ3v) is 5.45. The molecule has 0 amide bonds. The van der Waals surface area contributed by atoms with Crippen LogP contribution in [0.3, 0.4) is 0 Å². The minimum Gasteiger partial charge on any atom is -0.463 e. The molecular formula is C23H28N2O6. The largest absolute Gasteiger partial charge is 0.463 e. The van der Waals surface area contributed by atoms with Crippen LogP contribution >= 0.6 is 0 Å². The maximum Gasteiger partial charge on any atom is 0.303 e. The van der Waals surface area contributed by atoms with Crippen molar-refractivity contribution in [2.45, 2.75) is 46.0 Å².